The molecule has 2 rings (SSSR count). The summed E-state index contributed by atoms with van der Waals surface area (Å²) in [5.41, 5.74) is 7.24. The van der Waals surface area contributed by atoms with Crippen LogP contribution in [0.4, 0.5) is 5.82 Å². The van der Waals surface area contributed by atoms with Crippen LogP contribution in [0.1, 0.15) is 20.8 Å². The fourth-order valence-electron chi connectivity index (χ4n) is 1.58. The SMILES string of the molecule is CC(C)(C)Oc1ccc(-c2cc(N)ncn2)cc1. The van der Waals surface area contributed by atoms with Crippen LogP contribution in [0, 0.1) is 0 Å². The van der Waals surface area contributed by atoms with Gasteiger partial charge in [-0.15, -0.1) is 0 Å². The second-order valence-electron chi connectivity index (χ2n) is 5.07. The Labute approximate surface area is 107 Å². The van der Waals surface area contributed by atoms with E-state index in [1.807, 2.05) is 45.0 Å². The van der Waals surface area contributed by atoms with Crippen molar-refractivity contribution in [3.05, 3.63) is 36.7 Å². The Morgan fingerprint density at radius 2 is 1.72 bits per heavy atom. The minimum atomic E-state index is -0.194. The molecule has 94 valence electrons. The van der Waals surface area contributed by atoms with Crippen LogP contribution in [0.3, 0.4) is 0 Å². The number of rotatable bonds is 2. The van der Waals surface area contributed by atoms with Gasteiger partial charge >= 0.3 is 0 Å². The van der Waals surface area contributed by atoms with Gasteiger partial charge < -0.3 is 10.5 Å². The molecule has 1 aromatic heterocycles. The number of hydrogen-bond donors (Lipinski definition) is 1. The standard InChI is InChI=1S/C14H17N3O/c1-14(2,3)18-11-6-4-10(5-7-11)12-8-13(15)17-9-16-12/h4-9H,1-3H3,(H2,15,16,17). The van der Waals surface area contributed by atoms with Crippen molar-refractivity contribution < 1.29 is 4.74 Å². The molecule has 0 aliphatic carbocycles. The van der Waals surface area contributed by atoms with Crippen molar-refractivity contribution in [2.75, 3.05) is 5.73 Å². The topological polar surface area (TPSA) is 61.0 Å². The molecule has 18 heavy (non-hydrogen) atoms. The van der Waals surface area contributed by atoms with Crippen LogP contribution in [0.15, 0.2) is 36.7 Å². The molecule has 0 bridgehead atoms. The Hall–Kier alpha value is -2.10. The zero-order chi connectivity index (χ0) is 13.2. The molecule has 0 unspecified atom stereocenters. The normalized spacial score (nSPS) is 11.3. The van der Waals surface area contributed by atoms with E-state index in [-0.39, 0.29) is 5.60 Å². The van der Waals surface area contributed by atoms with Gasteiger partial charge in [0.25, 0.3) is 0 Å². The lowest BCUT2D eigenvalue weighted by atomic mass is 10.1. The van der Waals surface area contributed by atoms with E-state index >= 15 is 0 Å². The van der Waals surface area contributed by atoms with E-state index in [1.165, 1.54) is 6.33 Å². The van der Waals surface area contributed by atoms with Crippen LogP contribution < -0.4 is 10.5 Å². The van der Waals surface area contributed by atoms with Gasteiger partial charge in [0.05, 0.1) is 5.69 Å². The number of hydrogen-bond acceptors (Lipinski definition) is 4. The fourth-order valence-corrected chi connectivity index (χ4v) is 1.58. The molecule has 2 N–H and O–H groups in total. The first-order valence-corrected chi connectivity index (χ1v) is 5.81. The molecule has 1 aromatic carbocycles. The van der Waals surface area contributed by atoms with Crippen molar-refractivity contribution in [3.8, 4) is 17.0 Å². The van der Waals surface area contributed by atoms with Gasteiger partial charge in [-0.05, 0) is 45.0 Å². The van der Waals surface area contributed by atoms with Crippen molar-refractivity contribution in [2.45, 2.75) is 26.4 Å². The smallest absolute Gasteiger partial charge is 0.127 e. The van der Waals surface area contributed by atoms with Crippen LogP contribution in [0.5, 0.6) is 5.75 Å². The van der Waals surface area contributed by atoms with Gasteiger partial charge in [0.15, 0.2) is 0 Å². The van der Waals surface area contributed by atoms with Crippen molar-refractivity contribution in [3.63, 3.8) is 0 Å². The predicted octanol–water partition coefficient (Wildman–Crippen LogP) is 2.90. The zero-order valence-electron chi connectivity index (χ0n) is 10.8. The molecule has 0 aliphatic heterocycles. The maximum Gasteiger partial charge on any atom is 0.127 e. The van der Waals surface area contributed by atoms with Gasteiger partial charge in [-0.3, -0.25) is 0 Å². The number of benzene rings is 1. The van der Waals surface area contributed by atoms with Crippen molar-refractivity contribution >= 4 is 5.82 Å². The second kappa shape index (κ2) is 4.64. The highest BCUT2D eigenvalue weighted by Gasteiger charge is 2.11. The van der Waals surface area contributed by atoms with Crippen LogP contribution in [0.25, 0.3) is 11.3 Å². The van der Waals surface area contributed by atoms with Gasteiger partial charge in [0.1, 0.15) is 23.5 Å². The van der Waals surface area contributed by atoms with Crippen LogP contribution >= 0.6 is 0 Å². The largest absolute Gasteiger partial charge is 0.488 e. The van der Waals surface area contributed by atoms with E-state index in [0.29, 0.717) is 5.82 Å². The molecule has 1 heterocycles. The quantitative estimate of drug-likeness (QED) is 0.881. The molecule has 0 amide bonds. The summed E-state index contributed by atoms with van der Waals surface area (Å²) in [6, 6.07) is 9.53. The van der Waals surface area contributed by atoms with Crippen LogP contribution in [-0.4, -0.2) is 15.6 Å². The van der Waals surface area contributed by atoms with E-state index in [1.54, 1.807) is 6.07 Å². The highest BCUT2D eigenvalue weighted by Crippen LogP contribution is 2.23. The summed E-state index contributed by atoms with van der Waals surface area (Å²) >= 11 is 0. The van der Waals surface area contributed by atoms with E-state index < -0.39 is 0 Å². The molecule has 0 spiro atoms. The summed E-state index contributed by atoms with van der Waals surface area (Å²) in [5, 5.41) is 0. The van der Waals surface area contributed by atoms with Crippen LogP contribution in [-0.2, 0) is 0 Å². The molecule has 4 nitrogen and oxygen atoms in total. The zero-order valence-corrected chi connectivity index (χ0v) is 10.8. The lowest BCUT2D eigenvalue weighted by Crippen LogP contribution is -2.22. The summed E-state index contributed by atoms with van der Waals surface area (Å²) < 4.78 is 5.76. The summed E-state index contributed by atoms with van der Waals surface area (Å²) in [5.74, 6) is 1.31. The average Bonchev–Trinajstić information content (AvgIpc) is 2.28. The molecule has 0 atom stereocenters. The number of anilines is 1. The maximum atomic E-state index is 5.76. The molecular weight excluding hydrogens is 226 g/mol. The number of nitrogens with two attached hydrogens (primary N) is 1. The van der Waals surface area contributed by atoms with Gasteiger partial charge in [-0.1, -0.05) is 0 Å². The maximum absolute atomic E-state index is 5.76. The fraction of sp³-hybridized carbons (Fsp3) is 0.286. The average molecular weight is 243 g/mol. The Kier molecular flexibility index (Phi) is 3.19. The Morgan fingerprint density at radius 3 is 2.28 bits per heavy atom. The second-order valence-corrected chi connectivity index (χ2v) is 5.07. The Bertz CT molecular complexity index is 529. The number of ether oxygens (including phenoxy) is 1. The van der Waals surface area contributed by atoms with Gasteiger partial charge in [-0.25, -0.2) is 9.97 Å². The van der Waals surface area contributed by atoms with Gasteiger partial charge in [0, 0.05) is 11.6 Å². The molecule has 0 radical (unpaired) electrons. The minimum Gasteiger partial charge on any atom is -0.488 e. The first-order chi connectivity index (χ1) is 8.44. The van der Waals surface area contributed by atoms with Crippen molar-refractivity contribution in [2.24, 2.45) is 0 Å². The predicted molar refractivity (Wildman–Crippen MR) is 72.3 cm³/mol. The third-order valence-corrected chi connectivity index (χ3v) is 2.26. The first kappa shape index (κ1) is 12.4. The molecule has 4 heteroatoms. The van der Waals surface area contributed by atoms with Gasteiger partial charge in [-0.2, -0.15) is 0 Å². The molecule has 0 fully saturated rings. The number of aromatic nitrogens is 2. The highest BCUT2D eigenvalue weighted by molar-refractivity contribution is 5.62. The first-order valence-electron chi connectivity index (χ1n) is 5.81. The molecule has 2 aromatic rings. The number of nitrogen functional groups attached to an aromatic ring is 1. The molecule has 0 saturated heterocycles. The summed E-state index contributed by atoms with van der Waals surface area (Å²) in [6.07, 6.45) is 1.46. The van der Waals surface area contributed by atoms with E-state index in [2.05, 4.69) is 9.97 Å². The monoisotopic (exact) mass is 243 g/mol. The highest BCUT2D eigenvalue weighted by atomic mass is 16.5. The Balaban J connectivity index is 2.22. The van der Waals surface area contributed by atoms with E-state index in [9.17, 15) is 0 Å². The molecule has 0 aliphatic rings. The van der Waals surface area contributed by atoms with Crippen LogP contribution in [0.2, 0.25) is 0 Å². The lowest BCUT2D eigenvalue weighted by Gasteiger charge is -2.21. The molecular formula is C14H17N3O. The minimum absolute atomic E-state index is 0.194. The van der Waals surface area contributed by atoms with E-state index in [4.69, 9.17) is 10.5 Å². The molecule has 0 saturated carbocycles. The third-order valence-electron chi connectivity index (χ3n) is 2.26. The lowest BCUT2D eigenvalue weighted by molar-refractivity contribution is 0.131. The van der Waals surface area contributed by atoms with Gasteiger partial charge in [0.2, 0.25) is 0 Å². The summed E-state index contributed by atoms with van der Waals surface area (Å²) in [4.78, 5) is 8.06. The number of nitrogens with zero attached hydrogens (tertiary/aromatic N) is 2. The van der Waals surface area contributed by atoms with Crippen molar-refractivity contribution in [1.82, 2.24) is 9.97 Å². The summed E-state index contributed by atoms with van der Waals surface area (Å²) in [6.45, 7) is 6.06. The summed E-state index contributed by atoms with van der Waals surface area (Å²) in [7, 11) is 0. The van der Waals surface area contributed by atoms with Crippen molar-refractivity contribution in [1.29, 1.82) is 0 Å². The van der Waals surface area contributed by atoms with E-state index in [0.717, 1.165) is 17.0 Å². The third kappa shape index (κ3) is 3.20. The Morgan fingerprint density at radius 1 is 1.06 bits per heavy atom.